The number of carbonyl (C=O) groups is 1. The number of benzene rings is 1. The molecule has 2 N–H and O–H groups in total. The zero-order valence-corrected chi connectivity index (χ0v) is 11.4. The van der Waals surface area contributed by atoms with Gasteiger partial charge in [0.2, 0.25) is 0 Å². The van der Waals surface area contributed by atoms with Gasteiger partial charge in [-0.05, 0) is 6.07 Å². The van der Waals surface area contributed by atoms with E-state index in [9.17, 15) is 14.9 Å². The van der Waals surface area contributed by atoms with E-state index in [1.165, 1.54) is 23.5 Å². The first-order valence-electron chi connectivity index (χ1n) is 5.32. The molecule has 0 radical (unpaired) electrons. The van der Waals surface area contributed by atoms with Gasteiger partial charge in [-0.3, -0.25) is 10.1 Å². The Balaban J connectivity index is 2.21. The Hall–Kier alpha value is -2.19. The number of nitrogens with zero attached hydrogens (tertiary/aromatic N) is 2. The van der Waals surface area contributed by atoms with Crippen LogP contribution in [0.1, 0.15) is 15.2 Å². The Morgan fingerprint density at radius 2 is 2.25 bits per heavy atom. The van der Waals surface area contributed by atoms with Crippen LogP contribution in [-0.4, -0.2) is 21.0 Å². The number of hydrogen-bond donors (Lipinski definition) is 2. The fourth-order valence-corrected chi connectivity index (χ4v) is 2.41. The molecule has 104 valence electrons. The van der Waals surface area contributed by atoms with E-state index < -0.39 is 10.9 Å². The van der Waals surface area contributed by atoms with Crippen LogP contribution in [0, 0.1) is 10.1 Å². The van der Waals surface area contributed by atoms with Crippen molar-refractivity contribution < 1.29 is 14.8 Å². The predicted octanol–water partition coefficient (Wildman–Crippen LogP) is 3.02. The molecule has 0 unspecified atom stereocenters. The molecule has 1 aromatic carbocycles. The lowest BCUT2D eigenvalue weighted by Crippen LogP contribution is -2.03. The predicted molar refractivity (Wildman–Crippen MR) is 74.5 cm³/mol. The zero-order chi connectivity index (χ0) is 14.7. The van der Waals surface area contributed by atoms with Gasteiger partial charge in [0.1, 0.15) is 0 Å². The minimum Gasteiger partial charge on any atom is -0.478 e. The highest BCUT2D eigenvalue weighted by molar-refractivity contribution is 7.15. The van der Waals surface area contributed by atoms with Gasteiger partial charge in [0.25, 0.3) is 5.69 Å². The number of nitro groups is 1. The molecule has 0 amide bonds. The molecular formula is C11H8ClN3O4S. The first kappa shape index (κ1) is 14.2. The summed E-state index contributed by atoms with van der Waals surface area (Å²) >= 11 is 6.96. The summed E-state index contributed by atoms with van der Waals surface area (Å²) in [6.45, 7) is 0.352. The number of anilines is 1. The van der Waals surface area contributed by atoms with Gasteiger partial charge in [0, 0.05) is 28.9 Å². The van der Waals surface area contributed by atoms with E-state index in [0.29, 0.717) is 16.7 Å². The Kier molecular flexibility index (Phi) is 4.16. The van der Waals surface area contributed by atoms with E-state index in [1.54, 1.807) is 6.20 Å². The lowest BCUT2D eigenvalue weighted by Gasteiger charge is -2.05. The third kappa shape index (κ3) is 3.43. The second kappa shape index (κ2) is 5.85. The standard InChI is InChI=1S/C11H8ClN3O4S/c12-11-14-5-9(20-11)4-13-7-1-6(10(16)17)2-8(3-7)15(18)19/h1-3,5,13H,4H2,(H,16,17). The number of nitrogens with one attached hydrogen (secondary N) is 1. The van der Waals surface area contributed by atoms with Gasteiger partial charge in [0.05, 0.1) is 17.0 Å². The van der Waals surface area contributed by atoms with E-state index in [2.05, 4.69) is 10.3 Å². The number of carboxylic acid groups (broad SMARTS) is 1. The van der Waals surface area contributed by atoms with Crippen molar-refractivity contribution in [3.05, 3.63) is 49.4 Å². The lowest BCUT2D eigenvalue weighted by molar-refractivity contribution is -0.384. The number of halogens is 1. The quantitative estimate of drug-likeness (QED) is 0.649. The number of rotatable bonds is 5. The van der Waals surface area contributed by atoms with Gasteiger partial charge in [-0.25, -0.2) is 9.78 Å². The molecule has 0 saturated carbocycles. The van der Waals surface area contributed by atoms with Gasteiger partial charge < -0.3 is 10.4 Å². The van der Waals surface area contributed by atoms with Crippen LogP contribution in [0.2, 0.25) is 4.47 Å². The zero-order valence-electron chi connectivity index (χ0n) is 9.87. The third-order valence-corrected chi connectivity index (χ3v) is 3.48. The van der Waals surface area contributed by atoms with Crippen LogP contribution >= 0.6 is 22.9 Å². The number of non-ortho nitro benzene ring substituents is 1. The van der Waals surface area contributed by atoms with Crippen LogP contribution in [0.5, 0.6) is 0 Å². The Morgan fingerprint density at radius 3 is 2.80 bits per heavy atom. The molecule has 0 atom stereocenters. The first-order valence-corrected chi connectivity index (χ1v) is 6.52. The van der Waals surface area contributed by atoms with Crippen molar-refractivity contribution in [2.75, 3.05) is 5.32 Å². The summed E-state index contributed by atoms with van der Waals surface area (Å²) in [5.74, 6) is -1.22. The van der Waals surface area contributed by atoms with Crippen LogP contribution in [0.3, 0.4) is 0 Å². The summed E-state index contributed by atoms with van der Waals surface area (Å²) in [6, 6.07) is 3.62. The monoisotopic (exact) mass is 313 g/mol. The van der Waals surface area contributed by atoms with Crippen molar-refractivity contribution in [3.8, 4) is 0 Å². The van der Waals surface area contributed by atoms with Gasteiger partial charge >= 0.3 is 5.97 Å². The molecule has 0 bridgehead atoms. The molecule has 2 rings (SSSR count). The Labute approximate surface area is 122 Å². The van der Waals surface area contributed by atoms with E-state index in [-0.39, 0.29) is 11.3 Å². The largest absolute Gasteiger partial charge is 0.478 e. The lowest BCUT2D eigenvalue weighted by atomic mass is 10.1. The Bertz CT molecular complexity index is 641. The maximum atomic E-state index is 10.9. The summed E-state index contributed by atoms with van der Waals surface area (Å²) in [6.07, 6.45) is 1.58. The third-order valence-electron chi connectivity index (χ3n) is 2.37. The topological polar surface area (TPSA) is 105 Å². The van der Waals surface area contributed by atoms with Crippen molar-refractivity contribution in [2.24, 2.45) is 0 Å². The summed E-state index contributed by atoms with van der Waals surface area (Å²) < 4.78 is 0.395. The number of hydrogen-bond acceptors (Lipinski definition) is 6. The van der Waals surface area contributed by atoms with Crippen molar-refractivity contribution >= 4 is 40.3 Å². The molecule has 0 aliphatic heterocycles. The second-order valence-electron chi connectivity index (χ2n) is 3.76. The molecule has 20 heavy (non-hydrogen) atoms. The van der Waals surface area contributed by atoms with E-state index in [4.69, 9.17) is 16.7 Å². The van der Waals surface area contributed by atoms with E-state index >= 15 is 0 Å². The summed E-state index contributed by atoms with van der Waals surface area (Å²) in [5, 5.41) is 22.6. The molecular weight excluding hydrogens is 306 g/mol. The van der Waals surface area contributed by atoms with Crippen molar-refractivity contribution in [3.63, 3.8) is 0 Å². The van der Waals surface area contributed by atoms with Crippen molar-refractivity contribution in [1.29, 1.82) is 0 Å². The Morgan fingerprint density at radius 1 is 1.50 bits per heavy atom. The molecule has 9 heteroatoms. The van der Waals surface area contributed by atoms with Crippen LogP contribution < -0.4 is 5.32 Å². The number of thiazole rings is 1. The molecule has 1 aromatic heterocycles. The van der Waals surface area contributed by atoms with Crippen molar-refractivity contribution in [1.82, 2.24) is 4.98 Å². The normalized spacial score (nSPS) is 10.2. The molecule has 0 aliphatic rings. The molecule has 1 heterocycles. The molecule has 0 aliphatic carbocycles. The van der Waals surface area contributed by atoms with Crippen LogP contribution in [0.15, 0.2) is 24.4 Å². The molecule has 2 aromatic rings. The van der Waals surface area contributed by atoms with Crippen LogP contribution in [0.4, 0.5) is 11.4 Å². The SMILES string of the molecule is O=C(O)c1cc(NCc2cnc(Cl)s2)cc([N+](=O)[O-])c1. The average molecular weight is 314 g/mol. The fraction of sp³-hybridized carbons (Fsp3) is 0.0909. The van der Waals surface area contributed by atoms with E-state index in [0.717, 1.165) is 10.9 Å². The summed E-state index contributed by atoms with van der Waals surface area (Å²) in [4.78, 5) is 25.8. The van der Waals surface area contributed by atoms with Gasteiger partial charge in [-0.15, -0.1) is 11.3 Å². The van der Waals surface area contributed by atoms with Crippen LogP contribution in [0.25, 0.3) is 0 Å². The van der Waals surface area contributed by atoms with Gasteiger partial charge in [-0.2, -0.15) is 0 Å². The second-order valence-corrected chi connectivity index (χ2v) is 5.46. The molecule has 0 fully saturated rings. The number of carboxylic acids is 1. The highest BCUT2D eigenvalue weighted by atomic mass is 35.5. The highest BCUT2D eigenvalue weighted by Crippen LogP contribution is 2.23. The number of aromatic nitrogens is 1. The van der Waals surface area contributed by atoms with Gasteiger partial charge in [0.15, 0.2) is 4.47 Å². The molecule has 0 saturated heterocycles. The fourth-order valence-electron chi connectivity index (χ4n) is 1.50. The van der Waals surface area contributed by atoms with Gasteiger partial charge in [-0.1, -0.05) is 11.6 Å². The van der Waals surface area contributed by atoms with E-state index in [1.807, 2.05) is 0 Å². The maximum Gasteiger partial charge on any atom is 0.336 e. The maximum absolute atomic E-state index is 10.9. The minimum atomic E-state index is -1.22. The summed E-state index contributed by atoms with van der Waals surface area (Å²) in [7, 11) is 0. The average Bonchev–Trinajstić information content (AvgIpc) is 2.81. The molecule has 0 spiro atoms. The highest BCUT2D eigenvalue weighted by Gasteiger charge is 2.13. The number of aromatic carboxylic acids is 1. The smallest absolute Gasteiger partial charge is 0.336 e. The number of nitro benzene ring substituents is 1. The van der Waals surface area contributed by atoms with Crippen molar-refractivity contribution in [2.45, 2.75) is 6.54 Å². The minimum absolute atomic E-state index is 0.149. The summed E-state index contributed by atoms with van der Waals surface area (Å²) in [5.41, 5.74) is -0.0834. The molecule has 7 nitrogen and oxygen atoms in total. The van der Waals surface area contributed by atoms with Crippen LogP contribution in [-0.2, 0) is 6.54 Å². The first-order chi connectivity index (χ1) is 9.45.